The Bertz CT molecular complexity index is 659. The van der Waals surface area contributed by atoms with E-state index in [0.29, 0.717) is 6.54 Å². The van der Waals surface area contributed by atoms with E-state index in [1.54, 1.807) is 26.0 Å². The van der Waals surface area contributed by atoms with Gasteiger partial charge in [0.05, 0.1) is 11.1 Å². The van der Waals surface area contributed by atoms with Crippen LogP contribution < -0.4 is 11.1 Å². The molecule has 0 aliphatic rings. The zero-order chi connectivity index (χ0) is 19.0. The van der Waals surface area contributed by atoms with E-state index in [1.165, 1.54) is 12.1 Å². The predicted molar refractivity (Wildman–Crippen MR) is 91.0 cm³/mol. The van der Waals surface area contributed by atoms with Crippen molar-refractivity contribution in [2.24, 2.45) is 5.73 Å². The lowest BCUT2D eigenvalue weighted by Gasteiger charge is -2.21. The van der Waals surface area contributed by atoms with Gasteiger partial charge in [0.1, 0.15) is 6.04 Å². The molecule has 4 N–H and O–H groups in total. The molecule has 25 heavy (non-hydrogen) atoms. The van der Waals surface area contributed by atoms with E-state index >= 15 is 0 Å². The molecule has 1 aromatic carbocycles. The van der Waals surface area contributed by atoms with Crippen LogP contribution in [-0.4, -0.2) is 52.8 Å². The summed E-state index contributed by atoms with van der Waals surface area (Å²) in [5.41, 5.74) is 5.68. The molecular formula is C17H23N3O5. The number of hydrogen-bond donors (Lipinski definition) is 3. The van der Waals surface area contributed by atoms with Crippen molar-refractivity contribution in [3.8, 4) is 0 Å². The number of nitrogens with two attached hydrogens (primary N) is 1. The molecule has 0 bridgehead atoms. The van der Waals surface area contributed by atoms with Gasteiger partial charge in [-0.25, -0.2) is 0 Å². The number of rotatable bonds is 8. The van der Waals surface area contributed by atoms with Crippen molar-refractivity contribution in [2.75, 3.05) is 13.1 Å². The van der Waals surface area contributed by atoms with Crippen LogP contribution >= 0.6 is 0 Å². The van der Waals surface area contributed by atoms with Gasteiger partial charge in [-0.1, -0.05) is 12.1 Å². The fourth-order valence-electron chi connectivity index (χ4n) is 2.24. The molecule has 8 heteroatoms. The van der Waals surface area contributed by atoms with Gasteiger partial charge in [0.2, 0.25) is 5.91 Å². The molecule has 0 saturated carbocycles. The minimum Gasteiger partial charge on any atom is -0.480 e. The number of hydrogen-bond acceptors (Lipinski definition) is 5. The highest BCUT2D eigenvalue weighted by Crippen LogP contribution is 2.14. The van der Waals surface area contributed by atoms with Gasteiger partial charge >= 0.3 is 5.97 Å². The molecule has 0 aromatic heterocycles. The molecule has 0 spiro atoms. The third-order valence-corrected chi connectivity index (χ3v) is 3.59. The summed E-state index contributed by atoms with van der Waals surface area (Å²) in [6.45, 7) is 3.89. The normalized spacial score (nSPS) is 11.5. The van der Waals surface area contributed by atoms with Gasteiger partial charge in [-0.2, -0.15) is 0 Å². The smallest absolute Gasteiger partial charge is 0.320 e. The van der Waals surface area contributed by atoms with Crippen LogP contribution in [0, 0.1) is 0 Å². The van der Waals surface area contributed by atoms with E-state index in [9.17, 15) is 19.2 Å². The summed E-state index contributed by atoms with van der Waals surface area (Å²) in [4.78, 5) is 48.8. The fourth-order valence-corrected chi connectivity index (χ4v) is 2.24. The van der Waals surface area contributed by atoms with E-state index in [2.05, 4.69) is 5.32 Å². The minimum atomic E-state index is -1.20. The van der Waals surface area contributed by atoms with Crippen LogP contribution in [0.5, 0.6) is 0 Å². The number of imide groups is 1. The summed E-state index contributed by atoms with van der Waals surface area (Å²) in [7, 11) is 0. The second kappa shape index (κ2) is 9.53. The van der Waals surface area contributed by atoms with Crippen LogP contribution in [0.3, 0.4) is 0 Å². The Balaban J connectivity index is 2.97. The highest BCUT2D eigenvalue weighted by atomic mass is 16.4. The molecule has 0 heterocycles. The molecule has 1 rings (SSSR count). The number of carboxylic acids is 1. The second-order valence-corrected chi connectivity index (χ2v) is 5.33. The van der Waals surface area contributed by atoms with Gasteiger partial charge in [0.15, 0.2) is 0 Å². The van der Waals surface area contributed by atoms with Gasteiger partial charge < -0.3 is 16.2 Å². The second-order valence-electron chi connectivity index (χ2n) is 5.33. The van der Waals surface area contributed by atoms with Gasteiger partial charge in [-0.05, 0) is 32.4 Å². The van der Waals surface area contributed by atoms with E-state index in [-0.39, 0.29) is 30.5 Å². The summed E-state index contributed by atoms with van der Waals surface area (Å²) >= 11 is 0. The van der Waals surface area contributed by atoms with E-state index in [4.69, 9.17) is 10.8 Å². The summed E-state index contributed by atoms with van der Waals surface area (Å²) in [6.07, 6.45) is -0.244. The van der Waals surface area contributed by atoms with Crippen LogP contribution in [0.1, 0.15) is 47.4 Å². The highest BCUT2D eigenvalue weighted by Gasteiger charge is 2.26. The van der Waals surface area contributed by atoms with Crippen molar-refractivity contribution < 1.29 is 24.3 Å². The first-order valence-corrected chi connectivity index (χ1v) is 8.03. The molecule has 0 aliphatic carbocycles. The van der Waals surface area contributed by atoms with Gasteiger partial charge in [-0.3, -0.25) is 24.1 Å². The van der Waals surface area contributed by atoms with E-state index in [1.807, 2.05) is 0 Å². The minimum absolute atomic E-state index is 0.0735. The van der Waals surface area contributed by atoms with Crippen LogP contribution in [0.25, 0.3) is 0 Å². The zero-order valence-electron chi connectivity index (χ0n) is 14.3. The Morgan fingerprint density at radius 2 is 1.76 bits per heavy atom. The number of carbonyl (C=O) groups is 4. The predicted octanol–water partition coefficient (Wildman–Crippen LogP) is 0.617. The van der Waals surface area contributed by atoms with Gasteiger partial charge in [0, 0.05) is 19.5 Å². The van der Waals surface area contributed by atoms with Crippen LogP contribution in [0.4, 0.5) is 0 Å². The maximum absolute atomic E-state index is 12.7. The van der Waals surface area contributed by atoms with Gasteiger partial charge in [-0.15, -0.1) is 0 Å². The summed E-state index contributed by atoms with van der Waals surface area (Å²) in [5.74, 6) is -2.74. The fraction of sp³-hybridized carbons (Fsp3) is 0.412. The third kappa shape index (κ3) is 5.39. The van der Waals surface area contributed by atoms with Crippen LogP contribution in [0.2, 0.25) is 0 Å². The van der Waals surface area contributed by atoms with E-state index in [0.717, 1.165) is 4.90 Å². The van der Waals surface area contributed by atoms with Crippen molar-refractivity contribution in [1.29, 1.82) is 0 Å². The van der Waals surface area contributed by atoms with Crippen LogP contribution in [0.15, 0.2) is 24.3 Å². The lowest BCUT2D eigenvalue weighted by atomic mass is 10.0. The number of aliphatic carboxylic acids is 1. The van der Waals surface area contributed by atoms with Crippen molar-refractivity contribution in [2.45, 2.75) is 32.7 Å². The standard InChI is InChI=1S/C17H23N3O5/c1-3-19-15(22)11-7-5-6-8-12(11)16(23)20(4-2)14(21)10-9-13(18)17(24)25/h5-8,13H,3-4,9-10,18H2,1-2H3,(H,19,22)(H,24,25)/t13-/m0/s1. The first kappa shape index (κ1) is 20.3. The topological polar surface area (TPSA) is 130 Å². The third-order valence-electron chi connectivity index (χ3n) is 3.59. The van der Waals surface area contributed by atoms with Crippen molar-refractivity contribution in [1.82, 2.24) is 10.2 Å². The van der Waals surface area contributed by atoms with Crippen molar-refractivity contribution in [3.05, 3.63) is 35.4 Å². The Morgan fingerprint density at radius 3 is 2.28 bits per heavy atom. The van der Waals surface area contributed by atoms with E-state index < -0.39 is 29.7 Å². The number of carboxylic acid groups (broad SMARTS) is 1. The van der Waals surface area contributed by atoms with Gasteiger partial charge in [0.25, 0.3) is 11.8 Å². The molecule has 8 nitrogen and oxygen atoms in total. The molecular weight excluding hydrogens is 326 g/mol. The Kier molecular flexibility index (Phi) is 7.74. The molecule has 136 valence electrons. The number of benzene rings is 1. The average molecular weight is 349 g/mol. The number of amides is 3. The molecule has 0 unspecified atom stereocenters. The zero-order valence-corrected chi connectivity index (χ0v) is 14.3. The molecule has 3 amide bonds. The number of nitrogens with one attached hydrogen (secondary N) is 1. The first-order chi connectivity index (χ1) is 11.8. The SMILES string of the molecule is CCNC(=O)c1ccccc1C(=O)N(CC)C(=O)CC[C@H](N)C(=O)O. The maximum atomic E-state index is 12.7. The molecule has 0 saturated heterocycles. The summed E-state index contributed by atoms with van der Waals surface area (Å²) < 4.78 is 0. The lowest BCUT2D eigenvalue weighted by molar-refractivity contribution is -0.138. The monoisotopic (exact) mass is 349 g/mol. The quantitative estimate of drug-likeness (QED) is 0.631. The molecule has 1 aromatic rings. The first-order valence-electron chi connectivity index (χ1n) is 8.03. The number of carbonyl (C=O) groups excluding carboxylic acids is 3. The summed E-state index contributed by atoms with van der Waals surface area (Å²) in [6, 6.07) is 5.06. The lowest BCUT2D eigenvalue weighted by Crippen LogP contribution is -2.39. The Labute approximate surface area is 146 Å². The van der Waals surface area contributed by atoms with Crippen LogP contribution in [-0.2, 0) is 9.59 Å². The highest BCUT2D eigenvalue weighted by molar-refractivity contribution is 6.11. The molecule has 0 radical (unpaired) electrons. The molecule has 0 aliphatic heterocycles. The Hall–Kier alpha value is -2.74. The van der Waals surface area contributed by atoms with Crippen molar-refractivity contribution >= 4 is 23.7 Å². The molecule has 0 fully saturated rings. The largest absolute Gasteiger partial charge is 0.480 e. The maximum Gasteiger partial charge on any atom is 0.320 e. The number of nitrogens with zero attached hydrogens (tertiary/aromatic N) is 1. The summed E-state index contributed by atoms with van der Waals surface area (Å²) in [5, 5.41) is 11.4. The Morgan fingerprint density at radius 1 is 1.16 bits per heavy atom. The average Bonchev–Trinajstić information content (AvgIpc) is 2.60. The molecule has 1 atom stereocenters. The van der Waals surface area contributed by atoms with Crippen molar-refractivity contribution in [3.63, 3.8) is 0 Å².